The number of nitrogens with zero attached hydrogens (tertiary/aromatic N) is 1. The summed E-state index contributed by atoms with van der Waals surface area (Å²) in [5, 5.41) is 11.8. The number of rotatable bonds is 5. The maximum Gasteiger partial charge on any atom is 0.110 e. The third kappa shape index (κ3) is 3.09. The molecule has 14 heavy (non-hydrogen) atoms. The van der Waals surface area contributed by atoms with E-state index in [-0.39, 0.29) is 12.7 Å². The van der Waals surface area contributed by atoms with Crippen molar-refractivity contribution >= 4 is 11.3 Å². The molecular weight excluding hydrogens is 199 g/mol. The Morgan fingerprint density at radius 1 is 1.64 bits per heavy atom. The smallest absolute Gasteiger partial charge is 0.110 e. The number of nitrogens with one attached hydrogen (secondary N) is 1. The maximum atomic E-state index is 11.8. The van der Waals surface area contributed by atoms with E-state index in [2.05, 4.69) is 11.4 Å². The quantitative estimate of drug-likeness (QED) is 0.762. The summed E-state index contributed by atoms with van der Waals surface area (Å²) in [7, 11) is 0. The van der Waals surface area contributed by atoms with Crippen LogP contribution in [0.5, 0.6) is 0 Å². The van der Waals surface area contributed by atoms with E-state index in [9.17, 15) is 4.39 Å². The summed E-state index contributed by atoms with van der Waals surface area (Å²) in [6.45, 7) is 2.41. The van der Waals surface area contributed by atoms with Gasteiger partial charge in [0.05, 0.1) is 6.67 Å². The normalized spacial score (nSPS) is 12.4. The minimum Gasteiger partial charge on any atom is -0.309 e. The van der Waals surface area contributed by atoms with Gasteiger partial charge in [-0.25, -0.2) is 0 Å². The Labute approximate surface area is 87.4 Å². The molecule has 0 aromatic carbocycles. The minimum absolute atomic E-state index is 0.202. The van der Waals surface area contributed by atoms with Crippen molar-refractivity contribution in [3.8, 4) is 6.07 Å². The second kappa shape index (κ2) is 5.74. The van der Waals surface area contributed by atoms with Crippen molar-refractivity contribution < 1.29 is 4.39 Å². The summed E-state index contributed by atoms with van der Waals surface area (Å²) in [5.41, 5.74) is 0. The molecule has 1 heterocycles. The first-order chi connectivity index (χ1) is 6.77. The highest BCUT2D eigenvalue weighted by molar-refractivity contribution is 7.12. The molecule has 1 atom stereocenters. The number of thiophene rings is 1. The predicted octanol–water partition coefficient (Wildman–Crippen LogP) is 2.63. The van der Waals surface area contributed by atoms with E-state index >= 15 is 0 Å². The van der Waals surface area contributed by atoms with Crippen molar-refractivity contribution in [1.29, 1.82) is 5.26 Å². The Bertz CT molecular complexity index is 316. The highest BCUT2D eigenvalue weighted by Crippen LogP contribution is 2.22. The van der Waals surface area contributed by atoms with Gasteiger partial charge in [-0.1, -0.05) is 0 Å². The van der Waals surface area contributed by atoms with Crippen molar-refractivity contribution in [3.05, 3.63) is 21.9 Å². The topological polar surface area (TPSA) is 35.8 Å². The van der Waals surface area contributed by atoms with Crippen LogP contribution in [-0.2, 0) is 0 Å². The Balaban J connectivity index is 2.44. The van der Waals surface area contributed by atoms with Crippen LogP contribution in [0.1, 0.15) is 29.1 Å². The van der Waals surface area contributed by atoms with Crippen LogP contribution in [0.15, 0.2) is 12.1 Å². The predicted molar refractivity (Wildman–Crippen MR) is 56.0 cm³/mol. The van der Waals surface area contributed by atoms with E-state index in [1.807, 2.05) is 19.1 Å². The maximum absolute atomic E-state index is 11.8. The molecule has 0 saturated heterocycles. The summed E-state index contributed by atoms with van der Waals surface area (Å²) in [6, 6.07) is 6.06. The van der Waals surface area contributed by atoms with Crippen LogP contribution in [0.25, 0.3) is 0 Å². The summed E-state index contributed by atoms with van der Waals surface area (Å²) < 4.78 is 11.8. The van der Waals surface area contributed by atoms with Gasteiger partial charge in [-0.05, 0) is 32.0 Å². The fourth-order valence-electron chi connectivity index (χ4n) is 1.13. The first kappa shape index (κ1) is 11.2. The molecule has 0 radical (unpaired) electrons. The zero-order valence-electron chi connectivity index (χ0n) is 8.09. The van der Waals surface area contributed by atoms with Crippen LogP contribution in [0.3, 0.4) is 0 Å². The zero-order chi connectivity index (χ0) is 10.4. The average molecular weight is 212 g/mol. The Morgan fingerprint density at radius 2 is 2.43 bits per heavy atom. The Morgan fingerprint density at radius 3 is 3.00 bits per heavy atom. The van der Waals surface area contributed by atoms with Crippen LogP contribution in [0.4, 0.5) is 4.39 Å². The molecule has 2 nitrogen and oxygen atoms in total. The monoisotopic (exact) mass is 212 g/mol. The van der Waals surface area contributed by atoms with Gasteiger partial charge in [0.15, 0.2) is 0 Å². The van der Waals surface area contributed by atoms with Crippen LogP contribution in [0, 0.1) is 11.3 Å². The highest BCUT2D eigenvalue weighted by atomic mass is 32.1. The van der Waals surface area contributed by atoms with Crippen LogP contribution in [0.2, 0.25) is 0 Å². The molecule has 0 aliphatic carbocycles. The van der Waals surface area contributed by atoms with E-state index in [1.54, 1.807) is 0 Å². The van der Waals surface area contributed by atoms with Gasteiger partial charge in [0.2, 0.25) is 0 Å². The van der Waals surface area contributed by atoms with E-state index in [4.69, 9.17) is 5.26 Å². The molecule has 0 fully saturated rings. The van der Waals surface area contributed by atoms with E-state index < -0.39 is 0 Å². The largest absolute Gasteiger partial charge is 0.309 e. The molecule has 1 rings (SSSR count). The average Bonchev–Trinajstić information content (AvgIpc) is 2.66. The third-order valence-electron chi connectivity index (χ3n) is 1.92. The number of halogens is 1. The van der Waals surface area contributed by atoms with E-state index in [0.29, 0.717) is 13.0 Å². The van der Waals surface area contributed by atoms with Gasteiger partial charge in [0.1, 0.15) is 10.9 Å². The third-order valence-corrected chi connectivity index (χ3v) is 3.10. The van der Waals surface area contributed by atoms with Crippen molar-refractivity contribution in [2.75, 3.05) is 13.2 Å². The Kier molecular flexibility index (Phi) is 4.57. The summed E-state index contributed by atoms with van der Waals surface area (Å²) in [6.07, 6.45) is 0.542. The number of alkyl halides is 1. The van der Waals surface area contributed by atoms with Crippen molar-refractivity contribution in [3.63, 3.8) is 0 Å². The first-order valence-electron chi connectivity index (χ1n) is 4.57. The van der Waals surface area contributed by atoms with Crippen LogP contribution < -0.4 is 5.32 Å². The second-order valence-corrected chi connectivity index (χ2v) is 4.15. The molecule has 0 amide bonds. The molecule has 0 aliphatic heterocycles. The summed E-state index contributed by atoms with van der Waals surface area (Å²) >= 11 is 1.48. The molecule has 1 aromatic rings. The van der Waals surface area contributed by atoms with Crippen LogP contribution in [-0.4, -0.2) is 13.2 Å². The second-order valence-electron chi connectivity index (χ2n) is 3.03. The minimum atomic E-state index is -0.284. The van der Waals surface area contributed by atoms with Gasteiger partial charge in [0.25, 0.3) is 0 Å². The molecule has 1 aromatic heterocycles. The fourth-order valence-corrected chi connectivity index (χ4v) is 1.96. The van der Waals surface area contributed by atoms with Crippen molar-refractivity contribution in [1.82, 2.24) is 5.32 Å². The van der Waals surface area contributed by atoms with Gasteiger partial charge in [0, 0.05) is 10.9 Å². The SMILES string of the molecule is CC(NCCCF)c1ccc(C#N)s1. The standard InChI is InChI=1S/C10H13FN2S/c1-8(13-6-2-5-11)10-4-3-9(7-12)14-10/h3-4,8,13H,2,5-6H2,1H3. The lowest BCUT2D eigenvalue weighted by Crippen LogP contribution is -2.19. The lowest BCUT2D eigenvalue weighted by molar-refractivity contribution is 0.447. The highest BCUT2D eigenvalue weighted by Gasteiger charge is 2.07. The van der Waals surface area contributed by atoms with Gasteiger partial charge < -0.3 is 5.32 Å². The molecule has 0 saturated carbocycles. The van der Waals surface area contributed by atoms with Gasteiger partial charge in [-0.15, -0.1) is 11.3 Å². The molecule has 1 N–H and O–H groups in total. The molecule has 0 aliphatic rings. The number of hydrogen-bond donors (Lipinski definition) is 1. The van der Waals surface area contributed by atoms with E-state index in [0.717, 1.165) is 9.75 Å². The summed E-state index contributed by atoms with van der Waals surface area (Å²) in [4.78, 5) is 1.85. The molecule has 0 bridgehead atoms. The number of hydrogen-bond acceptors (Lipinski definition) is 3. The lowest BCUT2D eigenvalue weighted by Gasteiger charge is -2.10. The first-order valence-corrected chi connectivity index (χ1v) is 5.38. The van der Waals surface area contributed by atoms with Gasteiger partial charge >= 0.3 is 0 Å². The van der Waals surface area contributed by atoms with Crippen molar-refractivity contribution in [2.45, 2.75) is 19.4 Å². The number of nitriles is 1. The van der Waals surface area contributed by atoms with Gasteiger partial charge in [-0.3, -0.25) is 4.39 Å². The van der Waals surface area contributed by atoms with Gasteiger partial charge in [-0.2, -0.15) is 5.26 Å². The summed E-state index contributed by atoms with van der Waals surface area (Å²) in [5.74, 6) is 0. The fraction of sp³-hybridized carbons (Fsp3) is 0.500. The molecule has 1 unspecified atom stereocenters. The molecular formula is C10H13FN2S. The molecule has 76 valence electrons. The van der Waals surface area contributed by atoms with E-state index in [1.165, 1.54) is 11.3 Å². The molecule has 4 heteroatoms. The van der Waals surface area contributed by atoms with Crippen LogP contribution >= 0.6 is 11.3 Å². The zero-order valence-corrected chi connectivity index (χ0v) is 8.90. The molecule has 0 spiro atoms. The lowest BCUT2D eigenvalue weighted by atomic mass is 10.2. The van der Waals surface area contributed by atoms with Crippen molar-refractivity contribution in [2.24, 2.45) is 0 Å². The Hall–Kier alpha value is -0.920.